The summed E-state index contributed by atoms with van der Waals surface area (Å²) in [5.41, 5.74) is 3.02. The Morgan fingerprint density at radius 2 is 2.14 bits per heavy atom. The van der Waals surface area contributed by atoms with E-state index in [9.17, 15) is 9.59 Å². The SMILES string of the molecule is COc1ccc(Cl)cc1NC(=O)C/C(C)=N\NC(=O)CC#N. The Labute approximate surface area is 132 Å². The largest absolute Gasteiger partial charge is 0.495 e. The molecule has 2 amide bonds. The van der Waals surface area contributed by atoms with Crippen molar-refractivity contribution in [3.63, 3.8) is 0 Å². The quantitative estimate of drug-likeness (QED) is 0.618. The molecule has 0 atom stereocenters. The topological polar surface area (TPSA) is 104 Å². The molecule has 0 bridgehead atoms. The molecule has 1 aromatic carbocycles. The second-order valence-corrected chi connectivity index (χ2v) is 4.72. The van der Waals surface area contributed by atoms with Gasteiger partial charge >= 0.3 is 0 Å². The minimum Gasteiger partial charge on any atom is -0.495 e. The highest BCUT2D eigenvalue weighted by molar-refractivity contribution is 6.31. The summed E-state index contributed by atoms with van der Waals surface area (Å²) in [7, 11) is 1.48. The van der Waals surface area contributed by atoms with Crippen LogP contribution in [0.5, 0.6) is 5.75 Å². The van der Waals surface area contributed by atoms with Crippen LogP contribution < -0.4 is 15.5 Å². The summed E-state index contributed by atoms with van der Waals surface area (Å²) in [6, 6.07) is 6.55. The highest BCUT2D eigenvalue weighted by Gasteiger charge is 2.10. The van der Waals surface area contributed by atoms with E-state index < -0.39 is 5.91 Å². The molecule has 0 saturated heterocycles. The minimum atomic E-state index is -0.529. The molecular weight excluding hydrogens is 308 g/mol. The number of nitrogens with zero attached hydrogens (tertiary/aromatic N) is 2. The minimum absolute atomic E-state index is 0.0253. The smallest absolute Gasteiger partial charge is 0.254 e. The van der Waals surface area contributed by atoms with Gasteiger partial charge in [-0.2, -0.15) is 10.4 Å². The molecule has 0 radical (unpaired) electrons. The fraction of sp³-hybridized carbons (Fsp3) is 0.286. The second-order valence-electron chi connectivity index (χ2n) is 4.29. The Hall–Kier alpha value is -2.59. The number of ether oxygens (including phenoxy) is 1. The van der Waals surface area contributed by atoms with Gasteiger partial charge in [-0.25, -0.2) is 5.43 Å². The molecule has 0 aliphatic heterocycles. The van der Waals surface area contributed by atoms with Gasteiger partial charge in [-0.15, -0.1) is 0 Å². The summed E-state index contributed by atoms with van der Waals surface area (Å²) in [6.07, 6.45) is -0.314. The predicted octanol–water partition coefficient (Wildman–Crippen LogP) is 2.08. The number of hydrazone groups is 1. The van der Waals surface area contributed by atoms with Crippen LogP contribution in [0.25, 0.3) is 0 Å². The number of benzene rings is 1. The Morgan fingerprint density at radius 3 is 2.77 bits per heavy atom. The summed E-state index contributed by atoms with van der Waals surface area (Å²) in [6.45, 7) is 1.58. The van der Waals surface area contributed by atoms with Crippen molar-refractivity contribution in [2.75, 3.05) is 12.4 Å². The van der Waals surface area contributed by atoms with Crippen molar-refractivity contribution in [1.82, 2.24) is 5.43 Å². The van der Waals surface area contributed by atoms with Gasteiger partial charge in [0.1, 0.15) is 12.2 Å². The van der Waals surface area contributed by atoms with Crippen LogP contribution in [0.2, 0.25) is 5.02 Å². The summed E-state index contributed by atoms with van der Waals surface area (Å²) in [5.74, 6) is -0.384. The molecule has 0 aliphatic rings. The van der Waals surface area contributed by atoms with Crippen LogP contribution >= 0.6 is 11.6 Å². The molecule has 7 nitrogen and oxygen atoms in total. The molecule has 2 N–H and O–H groups in total. The van der Waals surface area contributed by atoms with Crippen molar-refractivity contribution < 1.29 is 14.3 Å². The van der Waals surface area contributed by atoms with Gasteiger partial charge in [-0.3, -0.25) is 9.59 Å². The maximum absolute atomic E-state index is 11.9. The van der Waals surface area contributed by atoms with Crippen LogP contribution in [0, 0.1) is 11.3 Å². The monoisotopic (exact) mass is 322 g/mol. The van der Waals surface area contributed by atoms with Gasteiger partial charge in [0.05, 0.1) is 25.3 Å². The third-order valence-electron chi connectivity index (χ3n) is 2.46. The van der Waals surface area contributed by atoms with Gasteiger partial charge < -0.3 is 10.1 Å². The summed E-state index contributed by atoms with van der Waals surface area (Å²) >= 11 is 5.87. The fourth-order valence-corrected chi connectivity index (χ4v) is 1.69. The number of carbonyl (C=O) groups excluding carboxylic acids is 2. The van der Waals surface area contributed by atoms with E-state index in [4.69, 9.17) is 21.6 Å². The second kappa shape index (κ2) is 8.64. The van der Waals surface area contributed by atoms with Crippen LogP contribution in [-0.2, 0) is 9.59 Å². The molecule has 0 aromatic heterocycles. The predicted molar refractivity (Wildman–Crippen MR) is 82.7 cm³/mol. The Kier molecular flexibility index (Phi) is 6.86. The molecule has 0 aliphatic carbocycles. The highest BCUT2D eigenvalue weighted by atomic mass is 35.5. The lowest BCUT2D eigenvalue weighted by Gasteiger charge is -2.10. The van der Waals surface area contributed by atoms with Gasteiger partial charge in [0.25, 0.3) is 5.91 Å². The van der Waals surface area contributed by atoms with Gasteiger partial charge in [0, 0.05) is 10.7 Å². The van der Waals surface area contributed by atoms with Crippen LogP contribution in [0.4, 0.5) is 5.69 Å². The highest BCUT2D eigenvalue weighted by Crippen LogP contribution is 2.27. The molecule has 0 unspecified atom stereocenters. The number of anilines is 1. The first-order valence-corrected chi connectivity index (χ1v) is 6.66. The molecule has 116 valence electrons. The zero-order valence-electron chi connectivity index (χ0n) is 12.1. The van der Waals surface area contributed by atoms with Gasteiger partial charge in [0.2, 0.25) is 5.91 Å². The van der Waals surface area contributed by atoms with Crippen molar-refractivity contribution >= 4 is 34.8 Å². The van der Waals surface area contributed by atoms with Crippen LogP contribution in [0.15, 0.2) is 23.3 Å². The normalized spacial score (nSPS) is 10.5. The molecule has 1 rings (SSSR count). The first-order valence-electron chi connectivity index (χ1n) is 6.28. The van der Waals surface area contributed by atoms with Crippen molar-refractivity contribution in [1.29, 1.82) is 5.26 Å². The lowest BCUT2D eigenvalue weighted by molar-refractivity contribution is -0.120. The van der Waals surface area contributed by atoms with Crippen LogP contribution in [0.1, 0.15) is 19.8 Å². The lowest BCUT2D eigenvalue weighted by atomic mass is 10.2. The molecule has 0 heterocycles. The van der Waals surface area contributed by atoms with E-state index >= 15 is 0 Å². The third-order valence-corrected chi connectivity index (χ3v) is 2.70. The van der Waals surface area contributed by atoms with Crippen LogP contribution in [0.3, 0.4) is 0 Å². The summed E-state index contributed by atoms with van der Waals surface area (Å²) < 4.78 is 5.12. The molecule has 8 heteroatoms. The molecule has 0 saturated carbocycles. The first-order chi connectivity index (χ1) is 10.5. The van der Waals surface area contributed by atoms with E-state index in [0.29, 0.717) is 22.2 Å². The van der Waals surface area contributed by atoms with Crippen molar-refractivity contribution in [2.45, 2.75) is 19.8 Å². The van der Waals surface area contributed by atoms with E-state index in [1.54, 1.807) is 31.2 Å². The first kappa shape index (κ1) is 17.5. The molecule has 22 heavy (non-hydrogen) atoms. The van der Waals surface area contributed by atoms with E-state index in [-0.39, 0.29) is 18.7 Å². The standard InChI is InChI=1S/C14H15ClN4O3/c1-9(18-19-13(20)5-6-16)7-14(21)17-11-8-10(15)3-4-12(11)22-2/h3-4,8H,5,7H2,1-2H3,(H,17,21)(H,19,20)/b18-9-. The van der Waals surface area contributed by atoms with Gasteiger partial charge in [-0.05, 0) is 25.1 Å². The summed E-state index contributed by atoms with van der Waals surface area (Å²) in [5, 5.41) is 15.2. The molecule has 0 fully saturated rings. The van der Waals surface area contributed by atoms with Crippen molar-refractivity contribution in [3.8, 4) is 11.8 Å². The number of carbonyl (C=O) groups is 2. The number of hydrogen-bond acceptors (Lipinski definition) is 5. The number of halogens is 1. The number of amides is 2. The van der Waals surface area contributed by atoms with E-state index in [2.05, 4.69) is 15.8 Å². The average Bonchev–Trinajstić information content (AvgIpc) is 2.45. The van der Waals surface area contributed by atoms with Crippen molar-refractivity contribution in [2.24, 2.45) is 5.10 Å². The fourth-order valence-electron chi connectivity index (χ4n) is 1.51. The van der Waals surface area contributed by atoms with E-state index in [1.807, 2.05) is 0 Å². The van der Waals surface area contributed by atoms with Gasteiger partial charge in [0.15, 0.2) is 0 Å². The average molecular weight is 323 g/mol. The maximum Gasteiger partial charge on any atom is 0.254 e. The Morgan fingerprint density at radius 1 is 1.41 bits per heavy atom. The number of nitrogens with one attached hydrogen (secondary N) is 2. The summed E-state index contributed by atoms with van der Waals surface area (Å²) in [4.78, 5) is 23.0. The molecule has 1 aromatic rings. The van der Waals surface area contributed by atoms with E-state index in [1.165, 1.54) is 7.11 Å². The van der Waals surface area contributed by atoms with Gasteiger partial charge in [-0.1, -0.05) is 11.6 Å². The Balaban J connectivity index is 2.63. The van der Waals surface area contributed by atoms with Crippen molar-refractivity contribution in [3.05, 3.63) is 23.2 Å². The zero-order chi connectivity index (χ0) is 16.5. The van der Waals surface area contributed by atoms with Crippen LogP contribution in [-0.4, -0.2) is 24.6 Å². The lowest BCUT2D eigenvalue weighted by Crippen LogP contribution is -2.21. The number of rotatable bonds is 6. The number of methoxy groups -OCH3 is 1. The third kappa shape index (κ3) is 5.81. The number of nitriles is 1. The zero-order valence-corrected chi connectivity index (χ0v) is 12.9. The number of hydrogen-bond donors (Lipinski definition) is 2. The van der Waals surface area contributed by atoms with E-state index in [0.717, 1.165) is 0 Å². The molecule has 0 spiro atoms. The molecular formula is C14H15ClN4O3. The Bertz CT molecular complexity index is 637. The maximum atomic E-state index is 11.9.